The van der Waals surface area contributed by atoms with Gasteiger partial charge in [-0.1, -0.05) is 6.92 Å². The minimum atomic E-state index is -0.570. The summed E-state index contributed by atoms with van der Waals surface area (Å²) < 4.78 is 0. The number of rotatable bonds is 4. The van der Waals surface area contributed by atoms with Gasteiger partial charge >= 0.3 is 0 Å². The number of hydrogen-bond donors (Lipinski definition) is 2. The van der Waals surface area contributed by atoms with Crippen molar-refractivity contribution >= 4 is 5.91 Å². The average molecular weight is 222 g/mol. The Morgan fingerprint density at radius 2 is 2.31 bits per heavy atom. The van der Waals surface area contributed by atoms with Gasteiger partial charge in [-0.3, -0.25) is 9.78 Å². The van der Waals surface area contributed by atoms with Crippen molar-refractivity contribution in [2.75, 3.05) is 6.61 Å². The van der Waals surface area contributed by atoms with Crippen LogP contribution < -0.4 is 5.32 Å². The summed E-state index contributed by atoms with van der Waals surface area (Å²) in [6.45, 7) is 5.45. The zero-order valence-corrected chi connectivity index (χ0v) is 9.95. The summed E-state index contributed by atoms with van der Waals surface area (Å²) in [5.74, 6) is -0.191. The van der Waals surface area contributed by atoms with Crippen molar-refractivity contribution in [1.82, 2.24) is 10.3 Å². The largest absolute Gasteiger partial charge is 0.394 e. The highest BCUT2D eigenvalue weighted by Crippen LogP contribution is 2.11. The van der Waals surface area contributed by atoms with Crippen molar-refractivity contribution in [2.45, 2.75) is 32.7 Å². The topological polar surface area (TPSA) is 62.2 Å². The van der Waals surface area contributed by atoms with Gasteiger partial charge in [0.15, 0.2) is 0 Å². The maximum Gasteiger partial charge on any atom is 0.253 e. The second-order valence-corrected chi connectivity index (χ2v) is 4.16. The number of hydrogen-bond acceptors (Lipinski definition) is 3. The lowest BCUT2D eigenvalue weighted by atomic mass is 9.99. The van der Waals surface area contributed by atoms with Gasteiger partial charge in [-0.05, 0) is 32.4 Å². The summed E-state index contributed by atoms with van der Waals surface area (Å²) in [5.41, 5.74) is 0.673. The number of nitrogens with zero attached hydrogens (tertiary/aromatic N) is 1. The Morgan fingerprint density at radius 1 is 1.62 bits per heavy atom. The Bertz CT molecular complexity index is 373. The first-order valence-electron chi connectivity index (χ1n) is 5.37. The second-order valence-electron chi connectivity index (χ2n) is 4.16. The molecule has 0 fully saturated rings. The quantitative estimate of drug-likeness (QED) is 0.806. The van der Waals surface area contributed by atoms with Gasteiger partial charge in [0.1, 0.15) is 0 Å². The number of aryl methyl sites for hydroxylation is 1. The van der Waals surface area contributed by atoms with E-state index in [0.29, 0.717) is 17.7 Å². The molecule has 0 aromatic carbocycles. The second kappa shape index (κ2) is 5.07. The van der Waals surface area contributed by atoms with E-state index in [2.05, 4.69) is 10.3 Å². The Balaban J connectivity index is 2.84. The molecule has 1 amide bonds. The third kappa shape index (κ3) is 2.79. The fraction of sp³-hybridized carbons (Fsp3) is 0.500. The number of pyridine rings is 1. The number of amides is 1. The van der Waals surface area contributed by atoms with Crippen LogP contribution in [0.4, 0.5) is 0 Å². The van der Waals surface area contributed by atoms with Crippen LogP contribution in [-0.4, -0.2) is 28.1 Å². The molecule has 16 heavy (non-hydrogen) atoms. The number of carbonyl (C=O) groups excluding carboxylic acids is 1. The number of carbonyl (C=O) groups is 1. The van der Waals surface area contributed by atoms with Crippen molar-refractivity contribution in [3.63, 3.8) is 0 Å². The van der Waals surface area contributed by atoms with E-state index in [-0.39, 0.29) is 12.5 Å². The van der Waals surface area contributed by atoms with Crippen LogP contribution in [0.25, 0.3) is 0 Å². The van der Waals surface area contributed by atoms with Gasteiger partial charge in [0, 0.05) is 11.9 Å². The van der Waals surface area contributed by atoms with Gasteiger partial charge < -0.3 is 10.4 Å². The average Bonchev–Trinajstić information content (AvgIpc) is 2.29. The lowest BCUT2D eigenvalue weighted by molar-refractivity contribution is 0.0846. The Hall–Kier alpha value is -1.42. The molecule has 0 radical (unpaired) electrons. The molecule has 0 saturated carbocycles. The van der Waals surface area contributed by atoms with Crippen molar-refractivity contribution < 1.29 is 9.90 Å². The molecule has 1 heterocycles. The molecule has 2 N–H and O–H groups in total. The van der Waals surface area contributed by atoms with Crippen molar-refractivity contribution in [2.24, 2.45) is 0 Å². The van der Waals surface area contributed by atoms with Gasteiger partial charge in [-0.2, -0.15) is 0 Å². The molecule has 0 aliphatic heterocycles. The summed E-state index contributed by atoms with van der Waals surface area (Å²) in [4.78, 5) is 16.0. The van der Waals surface area contributed by atoms with Crippen molar-refractivity contribution in [3.8, 4) is 0 Å². The number of aliphatic hydroxyl groups is 1. The number of nitrogens with one attached hydrogen (secondary N) is 1. The van der Waals surface area contributed by atoms with E-state index in [0.717, 1.165) is 0 Å². The molecule has 1 aromatic heterocycles. The van der Waals surface area contributed by atoms with Crippen LogP contribution in [0.15, 0.2) is 18.3 Å². The molecule has 1 rings (SSSR count). The van der Waals surface area contributed by atoms with E-state index in [9.17, 15) is 9.90 Å². The summed E-state index contributed by atoms with van der Waals surface area (Å²) >= 11 is 0. The first kappa shape index (κ1) is 12.6. The predicted molar refractivity (Wildman–Crippen MR) is 62.2 cm³/mol. The van der Waals surface area contributed by atoms with Crippen LogP contribution in [0.2, 0.25) is 0 Å². The minimum absolute atomic E-state index is 0.0749. The standard InChI is InChI=1S/C12H18N2O2/c1-4-12(3,8-15)14-11(16)10-6-5-7-13-9(10)2/h5-7,15H,4,8H2,1-3H3,(H,14,16). The Labute approximate surface area is 95.7 Å². The van der Waals surface area contributed by atoms with Crippen LogP contribution in [0.3, 0.4) is 0 Å². The predicted octanol–water partition coefficient (Wildman–Crippen LogP) is 1.28. The Morgan fingerprint density at radius 3 is 2.81 bits per heavy atom. The molecule has 88 valence electrons. The minimum Gasteiger partial charge on any atom is -0.394 e. The van der Waals surface area contributed by atoms with E-state index in [1.54, 1.807) is 25.3 Å². The van der Waals surface area contributed by atoms with Crippen LogP contribution in [0, 0.1) is 6.92 Å². The van der Waals surface area contributed by atoms with E-state index in [1.807, 2.05) is 13.8 Å². The summed E-state index contributed by atoms with van der Waals surface area (Å²) in [6.07, 6.45) is 2.33. The van der Waals surface area contributed by atoms with Gasteiger partial charge in [0.05, 0.1) is 17.7 Å². The summed E-state index contributed by atoms with van der Waals surface area (Å²) in [6, 6.07) is 3.45. The van der Waals surface area contributed by atoms with Crippen molar-refractivity contribution in [3.05, 3.63) is 29.6 Å². The van der Waals surface area contributed by atoms with E-state index in [1.165, 1.54) is 0 Å². The molecule has 0 spiro atoms. The first-order chi connectivity index (χ1) is 7.52. The van der Waals surface area contributed by atoms with Crippen LogP contribution >= 0.6 is 0 Å². The zero-order chi connectivity index (χ0) is 12.2. The fourth-order valence-corrected chi connectivity index (χ4v) is 1.31. The molecule has 1 aromatic rings. The van der Waals surface area contributed by atoms with E-state index in [4.69, 9.17) is 0 Å². The fourth-order valence-electron chi connectivity index (χ4n) is 1.31. The lowest BCUT2D eigenvalue weighted by Gasteiger charge is -2.27. The molecule has 0 saturated heterocycles. The first-order valence-corrected chi connectivity index (χ1v) is 5.37. The molecular weight excluding hydrogens is 204 g/mol. The molecule has 1 unspecified atom stereocenters. The number of aromatic nitrogens is 1. The molecule has 0 bridgehead atoms. The summed E-state index contributed by atoms with van der Waals surface area (Å²) in [7, 11) is 0. The monoisotopic (exact) mass is 222 g/mol. The van der Waals surface area contributed by atoms with Crippen LogP contribution in [0.5, 0.6) is 0 Å². The summed E-state index contributed by atoms with van der Waals surface area (Å²) in [5, 5.41) is 12.0. The molecular formula is C12H18N2O2. The highest BCUT2D eigenvalue weighted by Gasteiger charge is 2.24. The Kier molecular flexibility index (Phi) is 4.01. The molecule has 0 aliphatic carbocycles. The highest BCUT2D eigenvalue weighted by atomic mass is 16.3. The van der Waals surface area contributed by atoms with E-state index < -0.39 is 5.54 Å². The van der Waals surface area contributed by atoms with Gasteiger partial charge in [-0.25, -0.2) is 0 Å². The maximum atomic E-state index is 11.9. The van der Waals surface area contributed by atoms with E-state index >= 15 is 0 Å². The van der Waals surface area contributed by atoms with Gasteiger partial charge in [0.2, 0.25) is 0 Å². The SMILES string of the molecule is CCC(C)(CO)NC(=O)c1cccnc1C. The lowest BCUT2D eigenvalue weighted by Crippen LogP contribution is -2.48. The molecule has 0 aliphatic rings. The maximum absolute atomic E-state index is 11.9. The molecule has 4 nitrogen and oxygen atoms in total. The van der Waals surface area contributed by atoms with Crippen LogP contribution in [0.1, 0.15) is 36.3 Å². The normalized spacial score (nSPS) is 14.2. The molecule has 4 heteroatoms. The third-order valence-electron chi connectivity index (χ3n) is 2.80. The highest BCUT2D eigenvalue weighted by molar-refractivity contribution is 5.95. The smallest absolute Gasteiger partial charge is 0.253 e. The van der Waals surface area contributed by atoms with Crippen molar-refractivity contribution in [1.29, 1.82) is 0 Å². The van der Waals surface area contributed by atoms with Crippen LogP contribution in [-0.2, 0) is 0 Å². The molecule has 1 atom stereocenters. The van der Waals surface area contributed by atoms with Gasteiger partial charge in [0.25, 0.3) is 5.91 Å². The van der Waals surface area contributed by atoms with Gasteiger partial charge in [-0.15, -0.1) is 0 Å². The third-order valence-corrected chi connectivity index (χ3v) is 2.80. The number of aliphatic hydroxyl groups excluding tert-OH is 1. The zero-order valence-electron chi connectivity index (χ0n) is 9.95.